The molecule has 1 N–H and O–H groups in total. The van der Waals surface area contributed by atoms with E-state index in [9.17, 15) is 4.79 Å². The number of nitriles is 1. The van der Waals surface area contributed by atoms with Gasteiger partial charge in [0.2, 0.25) is 5.91 Å². The quantitative estimate of drug-likeness (QED) is 0.730. The fourth-order valence-corrected chi connectivity index (χ4v) is 1.96. The number of nitrogens with zero attached hydrogens (tertiary/aromatic N) is 1. The smallest absolute Gasteiger partial charge is 0.226 e. The molecule has 1 aliphatic rings. The molecule has 0 aromatic rings. The van der Waals surface area contributed by atoms with Crippen LogP contribution in [-0.2, 0) is 4.79 Å². The highest BCUT2D eigenvalue weighted by Gasteiger charge is 2.34. The lowest BCUT2D eigenvalue weighted by molar-refractivity contribution is -0.132. The summed E-state index contributed by atoms with van der Waals surface area (Å²) in [6, 6.07) is 1.65. The average Bonchev–Trinajstić information content (AvgIpc) is 2.18. The molecule has 1 unspecified atom stereocenters. The summed E-state index contributed by atoms with van der Waals surface area (Å²) in [5.41, 5.74) is -0.233. The molecule has 0 spiro atoms. The lowest BCUT2D eigenvalue weighted by atomic mass is 9.75. The van der Waals surface area contributed by atoms with Gasteiger partial charge in [-0.15, -0.1) is 0 Å². The van der Waals surface area contributed by atoms with E-state index in [0.717, 1.165) is 25.7 Å². The number of hydrogen-bond donors (Lipinski definition) is 1. The maximum Gasteiger partial charge on any atom is 0.226 e. The zero-order chi connectivity index (χ0) is 10.6. The monoisotopic (exact) mass is 194 g/mol. The standard InChI is InChI=1S/C11H18N2O/c1-9(8-12)13-10(14)11(2)6-4-3-5-7-11/h9H,3-7H2,1-2H3,(H,13,14). The summed E-state index contributed by atoms with van der Waals surface area (Å²) >= 11 is 0. The van der Waals surface area contributed by atoms with E-state index in [-0.39, 0.29) is 17.4 Å². The second kappa shape index (κ2) is 4.45. The number of carbonyl (C=O) groups excluding carboxylic acids is 1. The lowest BCUT2D eigenvalue weighted by Crippen LogP contribution is -2.43. The molecule has 0 aromatic heterocycles. The topological polar surface area (TPSA) is 52.9 Å². The second-order valence-corrected chi connectivity index (χ2v) is 4.45. The van der Waals surface area contributed by atoms with Crippen molar-refractivity contribution in [2.75, 3.05) is 0 Å². The Morgan fingerprint density at radius 3 is 2.50 bits per heavy atom. The van der Waals surface area contributed by atoms with E-state index < -0.39 is 0 Å². The van der Waals surface area contributed by atoms with Crippen molar-refractivity contribution in [2.45, 2.75) is 52.0 Å². The van der Waals surface area contributed by atoms with E-state index in [0.29, 0.717) is 0 Å². The van der Waals surface area contributed by atoms with Gasteiger partial charge in [-0.05, 0) is 19.8 Å². The predicted octanol–water partition coefficient (Wildman–Crippen LogP) is 1.99. The van der Waals surface area contributed by atoms with Crippen LogP contribution in [0.15, 0.2) is 0 Å². The van der Waals surface area contributed by atoms with E-state index in [1.807, 2.05) is 13.0 Å². The van der Waals surface area contributed by atoms with Gasteiger partial charge < -0.3 is 5.32 Å². The summed E-state index contributed by atoms with van der Waals surface area (Å²) in [4.78, 5) is 11.8. The van der Waals surface area contributed by atoms with Gasteiger partial charge in [0.25, 0.3) is 0 Å². The van der Waals surface area contributed by atoms with Gasteiger partial charge in [-0.1, -0.05) is 26.2 Å². The first-order valence-corrected chi connectivity index (χ1v) is 5.29. The highest BCUT2D eigenvalue weighted by Crippen LogP contribution is 2.35. The van der Waals surface area contributed by atoms with Crippen molar-refractivity contribution in [3.63, 3.8) is 0 Å². The second-order valence-electron chi connectivity index (χ2n) is 4.45. The molecule has 1 saturated carbocycles. The summed E-state index contributed by atoms with van der Waals surface area (Å²) in [6.07, 6.45) is 5.40. The average molecular weight is 194 g/mol. The molecule has 78 valence electrons. The summed E-state index contributed by atoms with van der Waals surface area (Å²) < 4.78 is 0. The van der Waals surface area contributed by atoms with Crippen LogP contribution in [0.1, 0.15) is 46.0 Å². The SMILES string of the molecule is CC(C#N)NC(=O)C1(C)CCCCC1. The van der Waals surface area contributed by atoms with E-state index in [4.69, 9.17) is 5.26 Å². The van der Waals surface area contributed by atoms with Gasteiger partial charge in [0.15, 0.2) is 0 Å². The Kier molecular flexibility index (Phi) is 3.51. The minimum Gasteiger partial charge on any atom is -0.340 e. The summed E-state index contributed by atoms with van der Waals surface area (Å²) in [5, 5.41) is 11.3. The molecule has 3 nitrogen and oxygen atoms in total. The van der Waals surface area contributed by atoms with Crippen LogP contribution < -0.4 is 5.32 Å². The van der Waals surface area contributed by atoms with Gasteiger partial charge in [-0.2, -0.15) is 5.26 Å². The predicted molar refractivity (Wildman–Crippen MR) is 54.4 cm³/mol. The number of amides is 1. The van der Waals surface area contributed by atoms with Crippen LogP contribution in [-0.4, -0.2) is 11.9 Å². The molecule has 0 radical (unpaired) electrons. The molecule has 1 aliphatic carbocycles. The number of hydrogen-bond acceptors (Lipinski definition) is 2. The summed E-state index contributed by atoms with van der Waals surface area (Å²) in [7, 11) is 0. The fraction of sp³-hybridized carbons (Fsp3) is 0.818. The van der Waals surface area contributed by atoms with E-state index >= 15 is 0 Å². The largest absolute Gasteiger partial charge is 0.340 e. The van der Waals surface area contributed by atoms with Crippen LogP contribution in [0, 0.1) is 16.7 Å². The molecule has 14 heavy (non-hydrogen) atoms. The first-order chi connectivity index (χ1) is 6.58. The van der Waals surface area contributed by atoms with Crippen LogP contribution in [0.3, 0.4) is 0 Å². The van der Waals surface area contributed by atoms with E-state index in [2.05, 4.69) is 5.32 Å². The fourth-order valence-electron chi connectivity index (χ4n) is 1.96. The molecule has 0 heterocycles. The number of rotatable bonds is 2. The van der Waals surface area contributed by atoms with Gasteiger partial charge in [-0.25, -0.2) is 0 Å². The normalized spacial score (nSPS) is 22.1. The minimum atomic E-state index is -0.374. The van der Waals surface area contributed by atoms with Gasteiger partial charge in [-0.3, -0.25) is 4.79 Å². The van der Waals surface area contributed by atoms with Gasteiger partial charge in [0.1, 0.15) is 6.04 Å². The molecule has 0 aromatic carbocycles. The van der Waals surface area contributed by atoms with Crippen LogP contribution in [0.25, 0.3) is 0 Å². The molecular formula is C11H18N2O. The highest BCUT2D eigenvalue weighted by molar-refractivity contribution is 5.82. The Balaban J connectivity index is 2.54. The van der Waals surface area contributed by atoms with Crippen LogP contribution in [0.2, 0.25) is 0 Å². The van der Waals surface area contributed by atoms with Crippen LogP contribution >= 0.6 is 0 Å². The highest BCUT2D eigenvalue weighted by atomic mass is 16.2. The minimum absolute atomic E-state index is 0.0475. The number of carbonyl (C=O) groups is 1. The first kappa shape index (κ1) is 11.0. The van der Waals surface area contributed by atoms with Gasteiger partial charge in [0.05, 0.1) is 6.07 Å². The molecule has 1 amide bonds. The van der Waals surface area contributed by atoms with Crippen LogP contribution in [0.4, 0.5) is 0 Å². The van der Waals surface area contributed by atoms with Crippen molar-refractivity contribution in [3.8, 4) is 6.07 Å². The van der Waals surface area contributed by atoms with Gasteiger partial charge in [0, 0.05) is 5.41 Å². The van der Waals surface area contributed by atoms with Gasteiger partial charge >= 0.3 is 0 Å². The van der Waals surface area contributed by atoms with Crippen molar-refractivity contribution in [2.24, 2.45) is 5.41 Å². The molecule has 3 heteroatoms. The molecule has 1 fully saturated rings. The third kappa shape index (κ3) is 2.47. The Hall–Kier alpha value is -1.04. The van der Waals surface area contributed by atoms with Crippen molar-refractivity contribution in [3.05, 3.63) is 0 Å². The maximum atomic E-state index is 11.8. The maximum absolute atomic E-state index is 11.8. The van der Waals surface area contributed by atoms with E-state index in [1.54, 1.807) is 6.92 Å². The number of nitrogens with one attached hydrogen (secondary N) is 1. The zero-order valence-electron chi connectivity index (χ0n) is 8.97. The Morgan fingerprint density at radius 2 is 2.00 bits per heavy atom. The first-order valence-electron chi connectivity index (χ1n) is 5.29. The van der Waals surface area contributed by atoms with E-state index in [1.165, 1.54) is 6.42 Å². The molecule has 1 atom stereocenters. The lowest BCUT2D eigenvalue weighted by Gasteiger charge is -2.32. The molecule has 0 saturated heterocycles. The third-order valence-corrected chi connectivity index (χ3v) is 3.05. The van der Waals surface area contributed by atoms with Crippen molar-refractivity contribution in [1.29, 1.82) is 5.26 Å². The molecule has 0 bridgehead atoms. The van der Waals surface area contributed by atoms with Crippen molar-refractivity contribution >= 4 is 5.91 Å². The Labute approximate surface area is 85.5 Å². The Morgan fingerprint density at radius 1 is 1.43 bits per heavy atom. The summed E-state index contributed by atoms with van der Waals surface area (Å²) in [5.74, 6) is 0.0475. The molecule has 1 rings (SSSR count). The van der Waals surface area contributed by atoms with Crippen molar-refractivity contribution in [1.82, 2.24) is 5.32 Å². The molecule has 0 aliphatic heterocycles. The third-order valence-electron chi connectivity index (χ3n) is 3.05. The van der Waals surface area contributed by atoms with Crippen LogP contribution in [0.5, 0.6) is 0 Å². The molecular weight excluding hydrogens is 176 g/mol. The summed E-state index contributed by atoms with van der Waals surface area (Å²) in [6.45, 7) is 3.72. The van der Waals surface area contributed by atoms with Crippen molar-refractivity contribution < 1.29 is 4.79 Å². The Bertz CT molecular complexity index is 249. The zero-order valence-corrected chi connectivity index (χ0v) is 8.97.